The third kappa shape index (κ3) is 3.95. The molecule has 4 rings (SSSR count). The highest BCUT2D eigenvalue weighted by molar-refractivity contribution is 7.13. The van der Waals surface area contributed by atoms with Crippen LogP contribution in [0.25, 0.3) is 10.7 Å². The minimum atomic E-state index is -0.0474. The second-order valence-corrected chi connectivity index (χ2v) is 7.22. The Labute approximate surface area is 161 Å². The van der Waals surface area contributed by atoms with Gasteiger partial charge >= 0.3 is 0 Å². The standard InChI is InChI=1S/C19H19N5O2S/c1-13-3-2-6-22-17(13)26-14-4-9-24(10-5-14)19(25)16-12-27-18(23-16)15-11-20-7-8-21-15/h2-3,6-8,11-12,14H,4-5,9-10H2,1H3. The number of aromatic nitrogens is 4. The van der Waals surface area contributed by atoms with Crippen molar-refractivity contribution in [3.05, 3.63) is 53.6 Å². The summed E-state index contributed by atoms with van der Waals surface area (Å²) < 4.78 is 6.00. The third-order valence-electron chi connectivity index (χ3n) is 4.47. The van der Waals surface area contributed by atoms with Gasteiger partial charge in [-0.15, -0.1) is 11.3 Å². The fourth-order valence-corrected chi connectivity index (χ4v) is 3.74. The van der Waals surface area contributed by atoms with Crippen molar-refractivity contribution < 1.29 is 9.53 Å². The molecule has 3 aromatic heterocycles. The quantitative estimate of drug-likeness (QED) is 0.691. The van der Waals surface area contributed by atoms with E-state index in [0.717, 1.165) is 18.4 Å². The molecule has 1 aliphatic rings. The molecule has 1 aliphatic heterocycles. The van der Waals surface area contributed by atoms with Gasteiger partial charge in [-0.1, -0.05) is 6.07 Å². The molecule has 7 nitrogen and oxygen atoms in total. The van der Waals surface area contributed by atoms with Gasteiger partial charge in [0.15, 0.2) is 0 Å². The molecule has 0 aliphatic carbocycles. The third-order valence-corrected chi connectivity index (χ3v) is 5.34. The summed E-state index contributed by atoms with van der Waals surface area (Å²) in [6.45, 7) is 3.28. The number of aryl methyl sites for hydroxylation is 1. The summed E-state index contributed by atoms with van der Waals surface area (Å²) in [4.78, 5) is 31.6. The highest BCUT2D eigenvalue weighted by Gasteiger charge is 2.26. The monoisotopic (exact) mass is 381 g/mol. The van der Waals surface area contributed by atoms with Gasteiger partial charge < -0.3 is 9.64 Å². The molecule has 1 fully saturated rings. The Hall–Kier alpha value is -2.87. The van der Waals surface area contributed by atoms with Crippen molar-refractivity contribution in [3.8, 4) is 16.6 Å². The fraction of sp³-hybridized carbons (Fsp3) is 0.316. The summed E-state index contributed by atoms with van der Waals surface area (Å²) in [5, 5.41) is 2.49. The van der Waals surface area contributed by atoms with E-state index in [1.807, 2.05) is 24.0 Å². The molecule has 0 spiro atoms. The van der Waals surface area contributed by atoms with E-state index < -0.39 is 0 Å². The van der Waals surface area contributed by atoms with E-state index in [4.69, 9.17) is 4.74 Å². The number of rotatable bonds is 4. The van der Waals surface area contributed by atoms with Crippen LogP contribution in [0.15, 0.2) is 42.3 Å². The van der Waals surface area contributed by atoms with E-state index in [-0.39, 0.29) is 12.0 Å². The first kappa shape index (κ1) is 17.5. The molecule has 0 N–H and O–H groups in total. The summed E-state index contributed by atoms with van der Waals surface area (Å²) in [7, 11) is 0. The Bertz CT molecular complexity index is 923. The van der Waals surface area contributed by atoms with E-state index in [1.54, 1.807) is 30.2 Å². The minimum Gasteiger partial charge on any atom is -0.474 e. The second-order valence-electron chi connectivity index (χ2n) is 6.36. The molecule has 27 heavy (non-hydrogen) atoms. The number of pyridine rings is 1. The Morgan fingerprint density at radius 1 is 1.22 bits per heavy atom. The molecule has 4 heterocycles. The molecule has 3 aromatic rings. The number of thiazole rings is 1. The molecule has 0 bridgehead atoms. The van der Waals surface area contributed by atoms with Crippen molar-refractivity contribution in [2.45, 2.75) is 25.9 Å². The lowest BCUT2D eigenvalue weighted by Crippen LogP contribution is -2.42. The van der Waals surface area contributed by atoms with Crippen molar-refractivity contribution >= 4 is 17.2 Å². The molecule has 0 saturated carbocycles. The average molecular weight is 381 g/mol. The first-order valence-electron chi connectivity index (χ1n) is 8.80. The number of likely N-dealkylation sites (tertiary alicyclic amines) is 1. The number of carbonyl (C=O) groups excluding carboxylic acids is 1. The van der Waals surface area contributed by atoms with Gasteiger partial charge in [-0.05, 0) is 13.0 Å². The molecule has 1 saturated heterocycles. The number of carbonyl (C=O) groups is 1. The van der Waals surface area contributed by atoms with E-state index in [0.29, 0.717) is 35.4 Å². The highest BCUT2D eigenvalue weighted by atomic mass is 32.1. The van der Waals surface area contributed by atoms with Crippen LogP contribution in [0.1, 0.15) is 28.9 Å². The van der Waals surface area contributed by atoms with Crippen LogP contribution in [0.4, 0.5) is 0 Å². The molecule has 138 valence electrons. The Morgan fingerprint density at radius 3 is 2.81 bits per heavy atom. The van der Waals surface area contributed by atoms with E-state index in [9.17, 15) is 4.79 Å². The molecular formula is C19H19N5O2S. The maximum absolute atomic E-state index is 12.7. The fourth-order valence-electron chi connectivity index (χ4n) is 2.99. The zero-order valence-corrected chi connectivity index (χ0v) is 15.7. The summed E-state index contributed by atoms with van der Waals surface area (Å²) in [5.74, 6) is 0.629. The Morgan fingerprint density at radius 2 is 2.07 bits per heavy atom. The SMILES string of the molecule is Cc1cccnc1OC1CCN(C(=O)c2csc(-c3cnccn3)n2)CC1. The largest absolute Gasteiger partial charge is 0.474 e. The smallest absolute Gasteiger partial charge is 0.273 e. The Kier molecular flexibility index (Phi) is 5.06. The summed E-state index contributed by atoms with van der Waals surface area (Å²) in [6, 6.07) is 3.88. The molecule has 0 atom stereocenters. The maximum atomic E-state index is 12.7. The zero-order valence-electron chi connectivity index (χ0n) is 14.9. The van der Waals surface area contributed by atoms with E-state index in [1.165, 1.54) is 11.3 Å². The summed E-state index contributed by atoms with van der Waals surface area (Å²) in [5.41, 5.74) is 2.16. The minimum absolute atomic E-state index is 0.0474. The Balaban J connectivity index is 1.36. The number of hydrogen-bond donors (Lipinski definition) is 0. The molecule has 0 unspecified atom stereocenters. The van der Waals surface area contributed by atoms with Gasteiger partial charge in [-0.25, -0.2) is 9.97 Å². The van der Waals surface area contributed by atoms with Gasteiger partial charge in [0.25, 0.3) is 5.91 Å². The number of piperidine rings is 1. The highest BCUT2D eigenvalue weighted by Crippen LogP contribution is 2.24. The summed E-state index contributed by atoms with van der Waals surface area (Å²) in [6.07, 6.45) is 8.25. The van der Waals surface area contributed by atoms with Gasteiger partial charge in [-0.2, -0.15) is 0 Å². The van der Waals surface area contributed by atoms with Crippen molar-refractivity contribution in [2.75, 3.05) is 13.1 Å². The summed E-state index contributed by atoms with van der Waals surface area (Å²) >= 11 is 1.40. The topological polar surface area (TPSA) is 81.1 Å². The van der Waals surface area contributed by atoms with Crippen molar-refractivity contribution in [3.63, 3.8) is 0 Å². The average Bonchev–Trinajstić information content (AvgIpc) is 3.21. The number of ether oxygens (including phenoxy) is 1. The van der Waals surface area contributed by atoms with Gasteiger partial charge in [0.1, 0.15) is 22.5 Å². The first-order chi connectivity index (χ1) is 13.2. The molecule has 1 amide bonds. The molecule has 8 heteroatoms. The first-order valence-corrected chi connectivity index (χ1v) is 9.68. The second kappa shape index (κ2) is 7.79. The maximum Gasteiger partial charge on any atom is 0.273 e. The van der Waals surface area contributed by atoms with Crippen LogP contribution in [0, 0.1) is 6.92 Å². The van der Waals surface area contributed by atoms with Crippen LogP contribution >= 0.6 is 11.3 Å². The molecular weight excluding hydrogens is 362 g/mol. The molecule has 0 radical (unpaired) electrons. The van der Waals surface area contributed by atoms with Crippen LogP contribution < -0.4 is 4.74 Å². The van der Waals surface area contributed by atoms with Crippen LogP contribution in [0.5, 0.6) is 5.88 Å². The number of hydrogen-bond acceptors (Lipinski definition) is 7. The van der Waals surface area contributed by atoms with Crippen LogP contribution in [-0.4, -0.2) is 49.9 Å². The lowest BCUT2D eigenvalue weighted by molar-refractivity contribution is 0.0582. The normalized spacial score (nSPS) is 14.9. The van der Waals surface area contributed by atoms with Gasteiger partial charge in [-0.3, -0.25) is 14.8 Å². The lowest BCUT2D eigenvalue weighted by atomic mass is 10.1. The number of amides is 1. The van der Waals surface area contributed by atoms with Crippen LogP contribution in [0.3, 0.4) is 0 Å². The van der Waals surface area contributed by atoms with E-state index >= 15 is 0 Å². The predicted molar refractivity (Wildman–Crippen MR) is 102 cm³/mol. The lowest BCUT2D eigenvalue weighted by Gasteiger charge is -2.31. The van der Waals surface area contributed by atoms with Crippen molar-refractivity contribution in [2.24, 2.45) is 0 Å². The van der Waals surface area contributed by atoms with Crippen molar-refractivity contribution in [1.82, 2.24) is 24.8 Å². The number of nitrogens with zero attached hydrogens (tertiary/aromatic N) is 5. The van der Waals surface area contributed by atoms with Gasteiger partial charge in [0.05, 0.1) is 6.20 Å². The van der Waals surface area contributed by atoms with E-state index in [2.05, 4.69) is 19.9 Å². The van der Waals surface area contributed by atoms with Crippen molar-refractivity contribution in [1.29, 1.82) is 0 Å². The molecule has 0 aromatic carbocycles. The van der Waals surface area contributed by atoms with Crippen LogP contribution in [0.2, 0.25) is 0 Å². The van der Waals surface area contributed by atoms with Gasteiger partial charge in [0, 0.05) is 55.5 Å². The zero-order chi connectivity index (χ0) is 18.6. The van der Waals surface area contributed by atoms with Gasteiger partial charge in [0.2, 0.25) is 5.88 Å². The van der Waals surface area contributed by atoms with Crippen LogP contribution in [-0.2, 0) is 0 Å². The predicted octanol–water partition coefficient (Wildman–Crippen LogP) is 2.99.